The molecule has 0 saturated carbocycles. The van der Waals surface area contributed by atoms with Crippen LogP contribution >= 0.6 is 11.3 Å². The smallest absolute Gasteiger partial charge is 0.338 e. The number of rotatable bonds is 4. The van der Waals surface area contributed by atoms with Crippen molar-refractivity contribution in [3.05, 3.63) is 95.9 Å². The van der Waals surface area contributed by atoms with E-state index in [0.717, 1.165) is 22.3 Å². The van der Waals surface area contributed by atoms with Crippen LogP contribution in [0.2, 0.25) is 0 Å². The molecule has 0 radical (unpaired) electrons. The van der Waals surface area contributed by atoms with E-state index in [1.807, 2.05) is 62.4 Å². The molecule has 166 valence electrons. The van der Waals surface area contributed by atoms with Crippen molar-refractivity contribution in [2.75, 3.05) is 6.61 Å². The van der Waals surface area contributed by atoms with Crippen molar-refractivity contribution >= 4 is 34.8 Å². The first-order chi connectivity index (χ1) is 15.8. The molecule has 3 aromatic rings. The minimum Gasteiger partial charge on any atom is -0.463 e. The van der Waals surface area contributed by atoms with E-state index in [1.165, 1.54) is 15.9 Å². The number of carbonyl (C=O) groups is 1. The number of aryl methyl sites for hydroxylation is 2. The summed E-state index contributed by atoms with van der Waals surface area (Å²) in [6.07, 6.45) is 1.77. The predicted octanol–water partition coefficient (Wildman–Crippen LogP) is 2.52. The zero-order chi connectivity index (χ0) is 23.7. The molecule has 0 bridgehead atoms. The van der Waals surface area contributed by atoms with Crippen LogP contribution in [-0.2, 0) is 9.53 Å². The quantitative estimate of drug-likeness (QED) is 0.607. The second kappa shape index (κ2) is 8.93. The van der Waals surface area contributed by atoms with Crippen molar-refractivity contribution in [1.29, 1.82) is 5.26 Å². The number of benzene rings is 2. The molecule has 4 rings (SSSR count). The molecule has 0 spiro atoms. The van der Waals surface area contributed by atoms with Crippen LogP contribution in [0.3, 0.4) is 0 Å². The molecule has 1 aliphatic rings. The van der Waals surface area contributed by atoms with Gasteiger partial charge in [0.1, 0.15) is 10.5 Å². The average molecular weight is 458 g/mol. The van der Waals surface area contributed by atoms with Gasteiger partial charge in [-0.3, -0.25) is 9.36 Å². The fourth-order valence-corrected chi connectivity index (χ4v) is 5.21. The number of allylic oxidation sites excluding steroid dienone is 1. The maximum absolute atomic E-state index is 13.4. The molecule has 1 unspecified atom stereocenters. The number of ether oxygens (including phenoxy) is 1. The standard InChI is InChI=1S/C26H23N3O3S/c1-4-32-26(31)22-21(18-10-6-8-16(3)12-18)19(14-27)23(28)29-24(30)20(33-25(22)29)13-17-9-5-7-15(2)11-17/h5-13,21H,4,28H2,1-3H3/b20-13-. The molecule has 2 aromatic carbocycles. The molecule has 33 heavy (non-hydrogen) atoms. The van der Waals surface area contributed by atoms with Crippen molar-refractivity contribution < 1.29 is 9.53 Å². The third kappa shape index (κ3) is 4.01. The van der Waals surface area contributed by atoms with Gasteiger partial charge in [-0.05, 0) is 38.0 Å². The summed E-state index contributed by atoms with van der Waals surface area (Å²) in [5, 5.41) is 10.0. The Hall–Kier alpha value is -3.89. The highest BCUT2D eigenvalue weighted by atomic mass is 32.1. The predicted molar refractivity (Wildman–Crippen MR) is 130 cm³/mol. The number of esters is 1. The maximum atomic E-state index is 13.4. The monoisotopic (exact) mass is 457 g/mol. The Labute approximate surface area is 195 Å². The van der Waals surface area contributed by atoms with Gasteiger partial charge in [-0.1, -0.05) is 59.7 Å². The van der Waals surface area contributed by atoms with Crippen molar-refractivity contribution in [2.24, 2.45) is 5.73 Å². The van der Waals surface area contributed by atoms with E-state index in [2.05, 4.69) is 6.07 Å². The number of fused-ring (bicyclic) bond motifs is 1. The highest BCUT2D eigenvalue weighted by molar-refractivity contribution is 7.07. The van der Waals surface area contributed by atoms with E-state index in [1.54, 1.807) is 13.0 Å². The van der Waals surface area contributed by atoms with Crippen LogP contribution in [0.1, 0.15) is 35.1 Å². The Morgan fingerprint density at radius 3 is 2.55 bits per heavy atom. The van der Waals surface area contributed by atoms with Crippen LogP contribution in [0.5, 0.6) is 0 Å². The van der Waals surface area contributed by atoms with Gasteiger partial charge in [-0.15, -0.1) is 11.3 Å². The van der Waals surface area contributed by atoms with Gasteiger partial charge in [-0.2, -0.15) is 5.26 Å². The number of nitrogens with zero attached hydrogens (tertiary/aromatic N) is 2. The normalized spacial score (nSPS) is 15.9. The Kier molecular flexibility index (Phi) is 6.03. The van der Waals surface area contributed by atoms with Crippen LogP contribution in [0.25, 0.3) is 17.5 Å². The fraction of sp³-hybridized carbons (Fsp3) is 0.192. The minimum absolute atomic E-state index is 0.0391. The van der Waals surface area contributed by atoms with E-state index >= 15 is 0 Å². The summed E-state index contributed by atoms with van der Waals surface area (Å²) in [4.78, 5) is 26.5. The number of hydrogen-bond acceptors (Lipinski definition) is 6. The highest BCUT2D eigenvalue weighted by Gasteiger charge is 2.36. The lowest BCUT2D eigenvalue weighted by molar-refractivity contribution is -0.136. The topological polar surface area (TPSA) is 98.1 Å². The number of thiazole rings is 1. The molecule has 1 aromatic heterocycles. The Balaban J connectivity index is 2.10. The summed E-state index contributed by atoms with van der Waals surface area (Å²) in [7, 11) is 0. The average Bonchev–Trinajstić information content (AvgIpc) is 3.09. The summed E-state index contributed by atoms with van der Waals surface area (Å²) >= 11 is 1.18. The number of aromatic nitrogens is 1. The molecule has 0 amide bonds. The van der Waals surface area contributed by atoms with Crippen LogP contribution in [0, 0.1) is 25.2 Å². The number of nitriles is 1. The van der Waals surface area contributed by atoms with Gasteiger partial charge in [0.25, 0.3) is 5.56 Å². The third-order valence-corrected chi connectivity index (χ3v) is 6.59. The first kappa shape index (κ1) is 22.3. The van der Waals surface area contributed by atoms with Gasteiger partial charge < -0.3 is 10.5 Å². The zero-order valence-electron chi connectivity index (χ0n) is 18.6. The molecular weight excluding hydrogens is 434 g/mol. The number of carbonyl (C=O) groups excluding carboxylic acids is 1. The number of nitrogens with two attached hydrogens (primary N) is 1. The second-order valence-corrected chi connectivity index (χ2v) is 8.89. The summed E-state index contributed by atoms with van der Waals surface area (Å²) in [6, 6.07) is 17.5. The summed E-state index contributed by atoms with van der Waals surface area (Å²) in [6.45, 7) is 5.80. The Morgan fingerprint density at radius 1 is 1.21 bits per heavy atom. The van der Waals surface area contributed by atoms with E-state index in [9.17, 15) is 14.9 Å². The van der Waals surface area contributed by atoms with Crippen LogP contribution < -0.4 is 20.5 Å². The van der Waals surface area contributed by atoms with Crippen molar-refractivity contribution in [3.63, 3.8) is 0 Å². The number of hydrogen-bond donors (Lipinski definition) is 1. The van der Waals surface area contributed by atoms with Gasteiger partial charge in [0.2, 0.25) is 0 Å². The lowest BCUT2D eigenvalue weighted by atomic mass is 9.83. The first-order valence-corrected chi connectivity index (χ1v) is 11.4. The van der Waals surface area contributed by atoms with Gasteiger partial charge in [0.15, 0.2) is 0 Å². The van der Waals surface area contributed by atoms with Gasteiger partial charge in [0.05, 0.1) is 34.3 Å². The van der Waals surface area contributed by atoms with Gasteiger partial charge >= 0.3 is 5.97 Å². The molecule has 0 fully saturated rings. The molecule has 1 aliphatic heterocycles. The molecule has 0 saturated heterocycles. The second-order valence-electron chi connectivity index (χ2n) is 7.86. The molecule has 2 N–H and O–H groups in total. The molecular formula is C26H23N3O3S. The summed E-state index contributed by atoms with van der Waals surface area (Å²) < 4.78 is 7.44. The fourth-order valence-electron chi connectivity index (χ4n) is 4.05. The molecule has 2 heterocycles. The van der Waals surface area contributed by atoms with Gasteiger partial charge in [0, 0.05) is 0 Å². The summed E-state index contributed by atoms with van der Waals surface area (Å²) in [5.41, 5.74) is 10.1. The van der Waals surface area contributed by atoms with E-state index < -0.39 is 11.9 Å². The highest BCUT2D eigenvalue weighted by Crippen LogP contribution is 2.36. The summed E-state index contributed by atoms with van der Waals surface area (Å²) in [5.74, 6) is -1.25. The molecule has 1 atom stereocenters. The van der Waals surface area contributed by atoms with Crippen LogP contribution in [-0.4, -0.2) is 17.1 Å². The van der Waals surface area contributed by atoms with Crippen LogP contribution in [0.4, 0.5) is 0 Å². The van der Waals surface area contributed by atoms with E-state index in [0.29, 0.717) is 9.20 Å². The molecule has 6 nitrogen and oxygen atoms in total. The molecule has 0 aliphatic carbocycles. The van der Waals surface area contributed by atoms with E-state index in [4.69, 9.17) is 10.5 Å². The van der Waals surface area contributed by atoms with Crippen molar-refractivity contribution in [2.45, 2.75) is 26.7 Å². The van der Waals surface area contributed by atoms with Crippen LogP contribution in [0.15, 0.2) is 58.9 Å². The molecule has 7 heteroatoms. The first-order valence-electron chi connectivity index (χ1n) is 10.5. The van der Waals surface area contributed by atoms with Gasteiger partial charge in [-0.25, -0.2) is 4.79 Å². The largest absolute Gasteiger partial charge is 0.463 e. The van der Waals surface area contributed by atoms with Crippen molar-refractivity contribution in [3.8, 4) is 6.07 Å². The lowest BCUT2D eigenvalue weighted by Gasteiger charge is -2.25. The Bertz CT molecular complexity index is 1520. The Morgan fingerprint density at radius 2 is 1.91 bits per heavy atom. The maximum Gasteiger partial charge on any atom is 0.338 e. The third-order valence-electron chi connectivity index (χ3n) is 5.48. The van der Waals surface area contributed by atoms with E-state index in [-0.39, 0.29) is 29.1 Å². The minimum atomic E-state index is -0.723. The SMILES string of the molecule is CCOC(=O)C1=c2s/c(=C\c3cccc(C)c3)c(=O)n2C(N)=C(C#N)C1c1cccc(C)c1. The lowest BCUT2D eigenvalue weighted by Crippen LogP contribution is -2.40. The van der Waals surface area contributed by atoms with Crippen molar-refractivity contribution in [1.82, 2.24) is 4.57 Å². The zero-order valence-corrected chi connectivity index (χ0v) is 19.4.